The number of aryl methyl sites for hydroxylation is 1. The molecular formula is C18H23NO3S. The van der Waals surface area contributed by atoms with Crippen molar-refractivity contribution in [2.45, 2.75) is 31.6 Å². The second-order valence-electron chi connectivity index (χ2n) is 6.22. The predicted molar refractivity (Wildman–Crippen MR) is 90.9 cm³/mol. The Labute approximate surface area is 138 Å². The lowest BCUT2D eigenvalue weighted by Gasteiger charge is -2.22. The number of nitrogens with zero attached hydrogens (tertiary/aromatic N) is 1. The molecule has 3 rings (SSSR count). The molecule has 1 unspecified atom stereocenters. The molecule has 4 nitrogen and oxygen atoms in total. The van der Waals surface area contributed by atoms with Gasteiger partial charge >= 0.3 is 0 Å². The molecule has 124 valence electrons. The SMILES string of the molecule is Cc1ccc(C2CCCN2CCS(=O)(=O)Cc2ccccc2)o1. The van der Waals surface area contributed by atoms with E-state index in [-0.39, 0.29) is 17.5 Å². The first-order chi connectivity index (χ1) is 11.0. The van der Waals surface area contributed by atoms with Crippen molar-refractivity contribution in [3.63, 3.8) is 0 Å². The van der Waals surface area contributed by atoms with Crippen LogP contribution in [-0.2, 0) is 15.6 Å². The molecule has 23 heavy (non-hydrogen) atoms. The highest BCUT2D eigenvalue weighted by Crippen LogP contribution is 2.32. The van der Waals surface area contributed by atoms with E-state index in [4.69, 9.17) is 4.42 Å². The number of furan rings is 1. The number of likely N-dealkylation sites (tertiary alicyclic amines) is 1. The van der Waals surface area contributed by atoms with Gasteiger partial charge in [-0.3, -0.25) is 4.90 Å². The van der Waals surface area contributed by atoms with Crippen LogP contribution in [0.15, 0.2) is 46.9 Å². The van der Waals surface area contributed by atoms with Crippen LogP contribution in [0.3, 0.4) is 0 Å². The van der Waals surface area contributed by atoms with Crippen LogP contribution >= 0.6 is 0 Å². The van der Waals surface area contributed by atoms with E-state index in [0.717, 1.165) is 36.5 Å². The van der Waals surface area contributed by atoms with Crippen LogP contribution in [0, 0.1) is 6.92 Å². The third-order valence-electron chi connectivity index (χ3n) is 4.37. The van der Waals surface area contributed by atoms with Crippen LogP contribution in [-0.4, -0.2) is 32.2 Å². The maximum absolute atomic E-state index is 12.4. The maximum atomic E-state index is 12.4. The van der Waals surface area contributed by atoms with Crippen LogP contribution < -0.4 is 0 Å². The smallest absolute Gasteiger partial charge is 0.155 e. The van der Waals surface area contributed by atoms with Gasteiger partial charge in [-0.1, -0.05) is 30.3 Å². The van der Waals surface area contributed by atoms with Crippen LogP contribution in [0.4, 0.5) is 0 Å². The van der Waals surface area contributed by atoms with Crippen LogP contribution in [0.1, 0.15) is 36.0 Å². The third kappa shape index (κ3) is 4.24. The largest absolute Gasteiger partial charge is 0.465 e. The lowest BCUT2D eigenvalue weighted by atomic mass is 10.2. The summed E-state index contributed by atoms with van der Waals surface area (Å²) in [5.41, 5.74) is 0.854. The van der Waals surface area contributed by atoms with Crippen LogP contribution in [0.2, 0.25) is 0 Å². The standard InChI is InChI=1S/C18H23NO3S/c1-15-9-10-18(22-15)17-8-5-11-19(17)12-13-23(20,21)14-16-6-3-2-4-7-16/h2-4,6-7,9-10,17H,5,8,11-14H2,1H3. The molecule has 5 heteroatoms. The summed E-state index contributed by atoms with van der Waals surface area (Å²) in [7, 11) is -3.09. The summed E-state index contributed by atoms with van der Waals surface area (Å²) in [6.45, 7) is 3.44. The molecule has 1 aliphatic rings. The van der Waals surface area contributed by atoms with E-state index in [1.165, 1.54) is 0 Å². The number of rotatable bonds is 6. The zero-order chi connectivity index (χ0) is 16.3. The van der Waals surface area contributed by atoms with Crippen molar-refractivity contribution in [1.29, 1.82) is 0 Å². The average Bonchev–Trinajstić information content (AvgIpc) is 3.14. The fourth-order valence-electron chi connectivity index (χ4n) is 3.21. The second-order valence-corrected chi connectivity index (χ2v) is 8.40. The monoisotopic (exact) mass is 333 g/mol. The van der Waals surface area contributed by atoms with Crippen LogP contribution in [0.5, 0.6) is 0 Å². The fourth-order valence-corrected chi connectivity index (χ4v) is 4.56. The Balaban J connectivity index is 1.60. The molecule has 1 aliphatic heterocycles. The molecule has 1 saturated heterocycles. The minimum atomic E-state index is -3.09. The molecule has 0 spiro atoms. The Morgan fingerprint density at radius 2 is 1.96 bits per heavy atom. The quantitative estimate of drug-likeness (QED) is 0.813. The molecule has 0 radical (unpaired) electrons. The molecule has 1 aromatic heterocycles. The fraction of sp³-hybridized carbons (Fsp3) is 0.444. The summed E-state index contributed by atoms with van der Waals surface area (Å²) >= 11 is 0. The first kappa shape index (κ1) is 16.3. The summed E-state index contributed by atoms with van der Waals surface area (Å²) in [4.78, 5) is 2.24. The lowest BCUT2D eigenvalue weighted by molar-refractivity contribution is 0.238. The summed E-state index contributed by atoms with van der Waals surface area (Å²) in [5.74, 6) is 2.17. The average molecular weight is 333 g/mol. The number of hydrogen-bond acceptors (Lipinski definition) is 4. The molecule has 1 aromatic carbocycles. The normalized spacial score (nSPS) is 19.3. The van der Waals surface area contributed by atoms with Crippen molar-refractivity contribution >= 4 is 9.84 Å². The van der Waals surface area contributed by atoms with Gasteiger partial charge in [-0.2, -0.15) is 0 Å². The van der Waals surface area contributed by atoms with Crippen molar-refractivity contribution in [1.82, 2.24) is 4.90 Å². The topological polar surface area (TPSA) is 50.5 Å². The Hall–Kier alpha value is -1.59. The Kier molecular flexibility index (Phi) is 4.87. The zero-order valence-corrected chi connectivity index (χ0v) is 14.3. The van der Waals surface area contributed by atoms with E-state index < -0.39 is 9.84 Å². The summed E-state index contributed by atoms with van der Waals surface area (Å²) < 4.78 is 30.4. The van der Waals surface area contributed by atoms with E-state index in [1.54, 1.807) is 0 Å². The second kappa shape index (κ2) is 6.89. The van der Waals surface area contributed by atoms with Gasteiger partial charge in [0, 0.05) is 6.54 Å². The van der Waals surface area contributed by atoms with Gasteiger partial charge in [-0.15, -0.1) is 0 Å². The van der Waals surface area contributed by atoms with E-state index in [9.17, 15) is 8.42 Å². The number of benzene rings is 1. The predicted octanol–water partition coefficient (Wildman–Crippen LogP) is 3.34. The highest BCUT2D eigenvalue weighted by Gasteiger charge is 2.29. The molecule has 0 amide bonds. The van der Waals surface area contributed by atoms with Crippen molar-refractivity contribution in [3.8, 4) is 0 Å². The van der Waals surface area contributed by atoms with Crippen molar-refractivity contribution in [2.24, 2.45) is 0 Å². The Bertz CT molecular complexity index is 737. The van der Waals surface area contributed by atoms with E-state index in [1.807, 2.05) is 49.4 Å². The van der Waals surface area contributed by atoms with Gasteiger partial charge < -0.3 is 4.42 Å². The van der Waals surface area contributed by atoms with Crippen molar-refractivity contribution in [2.75, 3.05) is 18.8 Å². The molecule has 0 aliphatic carbocycles. The van der Waals surface area contributed by atoms with E-state index in [2.05, 4.69) is 4.90 Å². The summed E-state index contributed by atoms with van der Waals surface area (Å²) in [5, 5.41) is 0. The van der Waals surface area contributed by atoms with Gasteiger partial charge in [0.1, 0.15) is 11.5 Å². The van der Waals surface area contributed by atoms with Crippen molar-refractivity contribution in [3.05, 3.63) is 59.5 Å². The first-order valence-corrected chi connectivity index (χ1v) is 9.90. The highest BCUT2D eigenvalue weighted by molar-refractivity contribution is 7.90. The van der Waals surface area contributed by atoms with Gasteiger partial charge in [0.15, 0.2) is 9.84 Å². The number of sulfone groups is 1. The molecule has 1 fully saturated rings. The number of hydrogen-bond donors (Lipinski definition) is 0. The first-order valence-electron chi connectivity index (χ1n) is 8.08. The van der Waals surface area contributed by atoms with E-state index >= 15 is 0 Å². The highest BCUT2D eigenvalue weighted by atomic mass is 32.2. The maximum Gasteiger partial charge on any atom is 0.155 e. The zero-order valence-electron chi connectivity index (χ0n) is 13.4. The Morgan fingerprint density at radius 3 is 2.65 bits per heavy atom. The van der Waals surface area contributed by atoms with Gasteiger partial charge in [-0.25, -0.2) is 8.42 Å². The van der Waals surface area contributed by atoms with Gasteiger partial charge in [0.05, 0.1) is 17.5 Å². The van der Waals surface area contributed by atoms with E-state index in [0.29, 0.717) is 6.54 Å². The molecule has 0 N–H and O–H groups in total. The minimum Gasteiger partial charge on any atom is -0.465 e. The summed E-state index contributed by atoms with van der Waals surface area (Å²) in [6.07, 6.45) is 2.12. The van der Waals surface area contributed by atoms with Gasteiger partial charge in [-0.05, 0) is 44.0 Å². The minimum absolute atomic E-state index is 0.117. The molecule has 1 atom stereocenters. The molecule has 2 aromatic rings. The molecule has 0 bridgehead atoms. The van der Waals surface area contributed by atoms with Gasteiger partial charge in [0.25, 0.3) is 0 Å². The third-order valence-corrected chi connectivity index (χ3v) is 5.95. The van der Waals surface area contributed by atoms with Gasteiger partial charge in [0.2, 0.25) is 0 Å². The van der Waals surface area contributed by atoms with Crippen LogP contribution in [0.25, 0.3) is 0 Å². The molecular weight excluding hydrogens is 310 g/mol. The lowest BCUT2D eigenvalue weighted by Crippen LogP contribution is -2.29. The molecule has 2 heterocycles. The summed E-state index contributed by atoms with van der Waals surface area (Å²) in [6, 6.07) is 13.6. The Morgan fingerprint density at radius 1 is 1.17 bits per heavy atom. The van der Waals surface area contributed by atoms with Crippen molar-refractivity contribution < 1.29 is 12.8 Å². The molecule has 0 saturated carbocycles.